The maximum absolute atomic E-state index is 13.0. The largest absolute Gasteiger partial charge is 0.480 e. The van der Waals surface area contributed by atoms with Crippen molar-refractivity contribution in [2.75, 3.05) is 91.6 Å². The highest BCUT2D eigenvalue weighted by Crippen LogP contribution is 2.05. The van der Waals surface area contributed by atoms with Crippen molar-refractivity contribution in [1.29, 1.82) is 0 Å². The number of aliphatic carboxylic acids is 4. The number of hydrogen-bond donors (Lipinski definition) is 4. The van der Waals surface area contributed by atoms with E-state index in [-0.39, 0.29) is 83.8 Å². The molecular weight excluding hydrogens is 478 g/mol. The van der Waals surface area contributed by atoms with Gasteiger partial charge in [-0.1, -0.05) is 13.8 Å². The van der Waals surface area contributed by atoms with Gasteiger partial charge in [-0.2, -0.15) is 0 Å². The molecule has 0 atom stereocenters. The van der Waals surface area contributed by atoms with Crippen LogP contribution >= 0.6 is 0 Å². The van der Waals surface area contributed by atoms with E-state index in [1.54, 1.807) is 19.6 Å². The Labute approximate surface area is 210 Å². The fourth-order valence-electron chi connectivity index (χ4n) is 3.93. The van der Waals surface area contributed by atoms with E-state index in [1.165, 1.54) is 4.90 Å². The zero-order chi connectivity index (χ0) is 27.3. The average Bonchev–Trinajstić information content (AvgIpc) is 2.73. The van der Waals surface area contributed by atoms with E-state index in [1.807, 2.05) is 13.8 Å². The third-order valence-corrected chi connectivity index (χ3v) is 5.63. The Hall–Kier alpha value is -2.81. The molecule has 1 saturated heterocycles. The molecule has 1 fully saturated rings. The van der Waals surface area contributed by atoms with Gasteiger partial charge >= 0.3 is 23.9 Å². The van der Waals surface area contributed by atoms with Crippen LogP contribution in [0, 0.1) is 5.92 Å². The molecule has 0 bridgehead atoms. The fourth-order valence-corrected chi connectivity index (χ4v) is 3.93. The van der Waals surface area contributed by atoms with Crippen molar-refractivity contribution in [3.05, 3.63) is 0 Å². The van der Waals surface area contributed by atoms with Crippen LogP contribution in [0.2, 0.25) is 0 Å². The smallest absolute Gasteiger partial charge is 0.323 e. The third-order valence-electron chi connectivity index (χ3n) is 5.63. The lowest BCUT2D eigenvalue weighted by molar-refractivity contribution is -0.145. The summed E-state index contributed by atoms with van der Waals surface area (Å²) in [5, 5.41) is 37.0. The van der Waals surface area contributed by atoms with Gasteiger partial charge in [0, 0.05) is 58.9 Å². The van der Waals surface area contributed by atoms with Crippen LogP contribution in [0.4, 0.5) is 0 Å². The Bertz CT molecular complexity index is 732. The highest BCUT2D eigenvalue weighted by atomic mass is 16.4. The number of hydrogen-bond acceptors (Lipinski definition) is 9. The summed E-state index contributed by atoms with van der Waals surface area (Å²) in [6.45, 7) is 4.99. The average molecular weight is 518 g/mol. The standard InChI is InChI=1S/C22H39N5O9/c1-17(2)11-27(16-22(35)36)18(28)12-23-3-5-24(13-19(29)30)7-9-26(15-21(33)34)10-8-25(6-4-23)14-20(31)32/h17H,3-16H2,1-2H3,(H,29,30)(H,31,32)(H,33,34)(H,35,36). The highest BCUT2D eigenvalue weighted by molar-refractivity contribution is 5.82. The zero-order valence-corrected chi connectivity index (χ0v) is 21.0. The van der Waals surface area contributed by atoms with Gasteiger partial charge in [-0.05, 0) is 5.92 Å². The number of amides is 1. The first-order valence-corrected chi connectivity index (χ1v) is 11.9. The summed E-state index contributed by atoms with van der Waals surface area (Å²) in [7, 11) is 0. The van der Waals surface area contributed by atoms with Gasteiger partial charge < -0.3 is 25.3 Å². The van der Waals surface area contributed by atoms with Gasteiger partial charge in [-0.3, -0.25) is 43.6 Å². The van der Waals surface area contributed by atoms with E-state index >= 15 is 0 Å². The quantitative estimate of drug-likeness (QED) is 0.224. The molecule has 14 heteroatoms. The molecule has 1 aliphatic heterocycles. The molecule has 0 aromatic rings. The van der Waals surface area contributed by atoms with Gasteiger partial charge in [0.1, 0.15) is 6.54 Å². The minimum absolute atomic E-state index is 0.0606. The first-order chi connectivity index (χ1) is 16.8. The summed E-state index contributed by atoms with van der Waals surface area (Å²) in [6, 6.07) is 0. The van der Waals surface area contributed by atoms with Gasteiger partial charge in [-0.25, -0.2) is 0 Å². The molecule has 1 rings (SSSR count). The highest BCUT2D eigenvalue weighted by Gasteiger charge is 2.24. The molecule has 0 spiro atoms. The van der Waals surface area contributed by atoms with Crippen LogP contribution in [0.3, 0.4) is 0 Å². The molecule has 0 saturated carbocycles. The van der Waals surface area contributed by atoms with E-state index in [9.17, 15) is 44.4 Å². The second kappa shape index (κ2) is 16.0. The number of carboxylic acids is 4. The Morgan fingerprint density at radius 3 is 1.14 bits per heavy atom. The third kappa shape index (κ3) is 13.9. The van der Waals surface area contributed by atoms with Gasteiger partial charge in [0.2, 0.25) is 5.91 Å². The van der Waals surface area contributed by atoms with Gasteiger partial charge in [0.15, 0.2) is 0 Å². The summed E-state index contributed by atoms with van der Waals surface area (Å²) in [5.41, 5.74) is 0. The van der Waals surface area contributed by atoms with Crippen LogP contribution in [0.25, 0.3) is 0 Å². The van der Waals surface area contributed by atoms with Crippen molar-refractivity contribution < 1.29 is 44.4 Å². The number of rotatable bonds is 12. The molecule has 1 aliphatic rings. The first-order valence-electron chi connectivity index (χ1n) is 11.9. The van der Waals surface area contributed by atoms with Crippen LogP contribution < -0.4 is 0 Å². The van der Waals surface area contributed by atoms with E-state index in [2.05, 4.69) is 0 Å². The molecule has 0 unspecified atom stereocenters. The molecule has 1 heterocycles. The van der Waals surface area contributed by atoms with E-state index in [0.29, 0.717) is 13.1 Å². The fraction of sp³-hybridized carbons (Fsp3) is 0.773. The molecular formula is C22H39N5O9. The Kier molecular flexibility index (Phi) is 13.9. The van der Waals surface area contributed by atoms with Crippen molar-refractivity contribution in [3.63, 3.8) is 0 Å². The van der Waals surface area contributed by atoms with Gasteiger partial charge in [-0.15, -0.1) is 0 Å². The molecule has 1 amide bonds. The van der Waals surface area contributed by atoms with Gasteiger partial charge in [0.05, 0.1) is 26.2 Å². The zero-order valence-electron chi connectivity index (χ0n) is 21.0. The number of carbonyl (C=O) groups excluding carboxylic acids is 1. The maximum atomic E-state index is 13.0. The monoisotopic (exact) mass is 517 g/mol. The molecule has 0 aromatic carbocycles. The summed E-state index contributed by atoms with van der Waals surface area (Å²) in [4.78, 5) is 66.2. The molecule has 206 valence electrons. The lowest BCUT2D eigenvalue weighted by atomic mass is 10.2. The Morgan fingerprint density at radius 2 is 0.889 bits per heavy atom. The summed E-state index contributed by atoms with van der Waals surface area (Å²) < 4.78 is 0. The topological polar surface area (TPSA) is 182 Å². The second-order valence-corrected chi connectivity index (χ2v) is 9.35. The van der Waals surface area contributed by atoms with Crippen LogP contribution in [0.15, 0.2) is 0 Å². The molecule has 4 N–H and O–H groups in total. The van der Waals surface area contributed by atoms with E-state index in [4.69, 9.17) is 0 Å². The SMILES string of the molecule is CC(C)CN(CC(=O)O)C(=O)CN1CCN(CC(=O)O)CCN(CC(=O)O)CCN(CC(=O)O)CC1. The van der Waals surface area contributed by atoms with Crippen molar-refractivity contribution in [2.24, 2.45) is 5.92 Å². The lowest BCUT2D eigenvalue weighted by Gasteiger charge is -2.33. The molecule has 36 heavy (non-hydrogen) atoms. The summed E-state index contributed by atoms with van der Waals surface area (Å²) in [5.74, 6) is -4.54. The number of carbonyl (C=O) groups is 5. The first kappa shape index (κ1) is 31.2. The van der Waals surface area contributed by atoms with Gasteiger partial charge in [0.25, 0.3) is 0 Å². The van der Waals surface area contributed by atoms with Crippen molar-refractivity contribution in [1.82, 2.24) is 24.5 Å². The number of nitrogens with zero attached hydrogens (tertiary/aromatic N) is 5. The van der Waals surface area contributed by atoms with Crippen molar-refractivity contribution in [3.8, 4) is 0 Å². The summed E-state index contributed by atoms with van der Waals surface area (Å²) >= 11 is 0. The lowest BCUT2D eigenvalue weighted by Crippen LogP contribution is -2.50. The van der Waals surface area contributed by atoms with Crippen LogP contribution in [-0.4, -0.2) is 166 Å². The summed E-state index contributed by atoms with van der Waals surface area (Å²) in [6.07, 6.45) is 0. The second-order valence-electron chi connectivity index (χ2n) is 9.35. The van der Waals surface area contributed by atoms with E-state index < -0.39 is 30.4 Å². The minimum Gasteiger partial charge on any atom is -0.480 e. The molecule has 0 aliphatic carbocycles. The molecule has 0 aromatic heterocycles. The molecule has 0 radical (unpaired) electrons. The van der Waals surface area contributed by atoms with Crippen LogP contribution in [-0.2, 0) is 24.0 Å². The maximum Gasteiger partial charge on any atom is 0.323 e. The predicted molar refractivity (Wildman–Crippen MR) is 128 cm³/mol. The predicted octanol–water partition coefficient (Wildman–Crippen LogP) is -1.97. The Morgan fingerprint density at radius 1 is 0.583 bits per heavy atom. The molecule has 14 nitrogen and oxygen atoms in total. The van der Waals surface area contributed by atoms with E-state index in [0.717, 1.165) is 0 Å². The number of carboxylic acid groups (broad SMARTS) is 4. The Balaban J connectivity index is 3.06. The normalized spacial score (nSPS) is 17.8. The van der Waals surface area contributed by atoms with Crippen molar-refractivity contribution >= 4 is 29.8 Å². The minimum atomic E-state index is -1.12. The van der Waals surface area contributed by atoms with Crippen LogP contribution in [0.5, 0.6) is 0 Å². The van der Waals surface area contributed by atoms with Crippen LogP contribution in [0.1, 0.15) is 13.8 Å². The van der Waals surface area contributed by atoms with Crippen molar-refractivity contribution in [2.45, 2.75) is 13.8 Å².